The normalized spacial score (nSPS) is 20.0. The third-order valence-electron chi connectivity index (χ3n) is 4.42. The van der Waals surface area contributed by atoms with Crippen molar-refractivity contribution >= 4 is 17.8 Å². The topological polar surface area (TPSA) is 130 Å². The van der Waals surface area contributed by atoms with Crippen molar-refractivity contribution in [1.29, 1.82) is 0 Å². The van der Waals surface area contributed by atoms with Gasteiger partial charge in [0.15, 0.2) is 0 Å². The van der Waals surface area contributed by atoms with E-state index in [2.05, 4.69) is 15.3 Å². The molecule has 1 atom stereocenters. The second-order valence-electron chi connectivity index (χ2n) is 6.46. The highest BCUT2D eigenvalue weighted by molar-refractivity contribution is 6.08. The monoisotopic (exact) mass is 387 g/mol. The largest absolute Gasteiger partial charge is 0.400 e. The number of nitrogens with one attached hydrogen (secondary N) is 1. The number of carbonyl (C=O) groups excluding carboxylic acids is 2. The second kappa shape index (κ2) is 9.84. The van der Waals surface area contributed by atoms with Gasteiger partial charge in [-0.15, -0.1) is 0 Å². The number of hydrogen-bond acceptors (Lipinski definition) is 5. The van der Waals surface area contributed by atoms with E-state index in [4.69, 9.17) is 11.5 Å². The van der Waals surface area contributed by atoms with E-state index in [0.717, 1.165) is 6.54 Å². The molecule has 0 aromatic carbocycles. The first-order chi connectivity index (χ1) is 13.5. The van der Waals surface area contributed by atoms with Crippen LogP contribution in [0.5, 0.6) is 0 Å². The molecule has 3 heterocycles. The van der Waals surface area contributed by atoms with Gasteiger partial charge in [0.05, 0.1) is 13.1 Å². The van der Waals surface area contributed by atoms with Crippen LogP contribution in [0, 0.1) is 0 Å². The van der Waals surface area contributed by atoms with Crippen LogP contribution in [0.4, 0.5) is 4.79 Å². The van der Waals surface area contributed by atoms with Crippen LogP contribution in [0.3, 0.4) is 0 Å². The summed E-state index contributed by atoms with van der Waals surface area (Å²) in [7, 11) is 0. The number of aliphatic imine (C=N–C) groups is 1. The van der Waals surface area contributed by atoms with Gasteiger partial charge in [0.25, 0.3) is 5.91 Å². The van der Waals surface area contributed by atoms with Crippen LogP contribution in [0.2, 0.25) is 0 Å². The van der Waals surface area contributed by atoms with Crippen molar-refractivity contribution in [1.82, 2.24) is 20.1 Å². The summed E-state index contributed by atoms with van der Waals surface area (Å²) in [5.41, 5.74) is 13.2. The van der Waals surface area contributed by atoms with Crippen molar-refractivity contribution < 1.29 is 9.59 Å². The van der Waals surface area contributed by atoms with E-state index < -0.39 is 5.91 Å². The van der Waals surface area contributed by atoms with Crippen LogP contribution < -0.4 is 16.8 Å². The number of hydrogen-bond donors (Lipinski definition) is 3. The number of nitrogens with two attached hydrogens (primary N) is 2. The Morgan fingerprint density at radius 1 is 1.25 bits per heavy atom. The highest BCUT2D eigenvalue weighted by Gasteiger charge is 2.31. The predicted octanol–water partition coefficient (Wildman–Crippen LogP) is 0.547. The lowest BCUT2D eigenvalue weighted by Gasteiger charge is -2.34. The van der Waals surface area contributed by atoms with E-state index >= 15 is 0 Å². The van der Waals surface area contributed by atoms with Crippen LogP contribution in [0.1, 0.15) is 31.3 Å². The maximum absolute atomic E-state index is 12.7. The molecule has 0 spiro atoms. The Kier molecular flexibility index (Phi) is 7.51. The van der Waals surface area contributed by atoms with E-state index in [9.17, 15) is 9.59 Å². The molecule has 1 fully saturated rings. The zero-order valence-electron chi connectivity index (χ0n) is 16.7. The van der Waals surface area contributed by atoms with Gasteiger partial charge in [0, 0.05) is 43.1 Å². The van der Waals surface area contributed by atoms with E-state index in [1.807, 2.05) is 20.8 Å². The molecule has 3 amide bonds. The zero-order chi connectivity index (χ0) is 20.7. The van der Waals surface area contributed by atoms with Crippen molar-refractivity contribution in [3.05, 3.63) is 41.4 Å². The summed E-state index contributed by atoms with van der Waals surface area (Å²) in [6.07, 6.45) is 1.51. The van der Waals surface area contributed by atoms with Crippen molar-refractivity contribution in [3.8, 4) is 0 Å². The molecule has 0 aliphatic carbocycles. The summed E-state index contributed by atoms with van der Waals surface area (Å²) < 4.78 is 0. The number of nitrogens with zero attached hydrogens (tertiary/aromatic N) is 4. The fraction of sp³-hybridized carbons (Fsp3) is 0.474. The van der Waals surface area contributed by atoms with E-state index in [0.29, 0.717) is 24.4 Å². The summed E-state index contributed by atoms with van der Waals surface area (Å²) in [6.45, 7) is 8.62. The SMILES string of the molecule is CC.CC1CN(C(=O)N2CC(N)=C(C(N)=NC(=O)c3ccccn3)C2)CCN1. The van der Waals surface area contributed by atoms with Gasteiger partial charge < -0.3 is 26.6 Å². The summed E-state index contributed by atoms with van der Waals surface area (Å²) in [5, 5.41) is 3.30. The van der Waals surface area contributed by atoms with Gasteiger partial charge in [-0.1, -0.05) is 19.9 Å². The molecule has 0 radical (unpaired) electrons. The molecule has 5 N–H and O–H groups in total. The molecule has 28 heavy (non-hydrogen) atoms. The van der Waals surface area contributed by atoms with E-state index in [-0.39, 0.29) is 36.7 Å². The van der Waals surface area contributed by atoms with Gasteiger partial charge in [0.2, 0.25) is 0 Å². The van der Waals surface area contributed by atoms with Crippen LogP contribution in [0.25, 0.3) is 0 Å². The number of amidine groups is 1. The quantitative estimate of drug-likeness (QED) is 0.502. The smallest absolute Gasteiger partial charge is 0.320 e. The predicted molar refractivity (Wildman–Crippen MR) is 109 cm³/mol. The molecule has 152 valence electrons. The maximum atomic E-state index is 12.7. The lowest BCUT2D eigenvalue weighted by atomic mass is 10.2. The molecular weight excluding hydrogens is 358 g/mol. The maximum Gasteiger partial charge on any atom is 0.320 e. The number of amides is 3. The van der Waals surface area contributed by atoms with Gasteiger partial charge in [-0.2, -0.15) is 4.99 Å². The van der Waals surface area contributed by atoms with Crippen LogP contribution in [-0.2, 0) is 0 Å². The molecule has 2 aliphatic heterocycles. The molecule has 3 rings (SSSR count). The summed E-state index contributed by atoms with van der Waals surface area (Å²) in [6, 6.07) is 5.14. The number of carbonyl (C=O) groups is 2. The van der Waals surface area contributed by atoms with Gasteiger partial charge in [-0.05, 0) is 19.1 Å². The zero-order valence-corrected chi connectivity index (χ0v) is 16.7. The minimum Gasteiger partial charge on any atom is -0.400 e. The summed E-state index contributed by atoms with van der Waals surface area (Å²) >= 11 is 0. The Bertz CT molecular complexity index is 761. The van der Waals surface area contributed by atoms with Crippen LogP contribution in [-0.4, -0.2) is 71.3 Å². The lowest BCUT2D eigenvalue weighted by molar-refractivity contribution is 0.0998. The van der Waals surface area contributed by atoms with Gasteiger partial charge in [-0.25, -0.2) is 4.79 Å². The number of pyridine rings is 1. The molecule has 2 aliphatic rings. The Labute approximate surface area is 165 Å². The van der Waals surface area contributed by atoms with Crippen molar-refractivity contribution in [2.45, 2.75) is 26.8 Å². The first kappa shape index (κ1) is 21.4. The summed E-state index contributed by atoms with van der Waals surface area (Å²) in [4.78, 5) is 36.1. The van der Waals surface area contributed by atoms with Gasteiger partial charge in [0.1, 0.15) is 11.5 Å². The summed E-state index contributed by atoms with van der Waals surface area (Å²) in [5.74, 6) is -0.508. The Balaban J connectivity index is 0.00000136. The second-order valence-corrected chi connectivity index (χ2v) is 6.46. The fourth-order valence-corrected chi connectivity index (χ4v) is 3.06. The average Bonchev–Trinajstić information content (AvgIpc) is 3.11. The molecule has 9 nitrogen and oxygen atoms in total. The highest BCUT2D eigenvalue weighted by atomic mass is 16.2. The standard InChI is InChI=1S/C17H23N7O2.C2H6/c1-11-8-23(7-6-20-11)17(26)24-9-12(13(18)10-24)15(19)22-16(25)14-4-2-3-5-21-14;1-2/h2-5,11,20H,6-10,18H2,1H3,(H2,19,22,25);1-2H3. The van der Waals surface area contributed by atoms with E-state index in [1.165, 1.54) is 6.20 Å². The molecular formula is C19H29N7O2. The molecule has 0 saturated carbocycles. The third kappa shape index (κ3) is 5.07. The van der Waals surface area contributed by atoms with Crippen LogP contribution in [0.15, 0.2) is 40.7 Å². The molecule has 9 heteroatoms. The first-order valence-corrected chi connectivity index (χ1v) is 9.50. The number of urea groups is 1. The molecule has 1 aromatic heterocycles. The molecule has 1 saturated heterocycles. The molecule has 1 aromatic rings. The number of aromatic nitrogens is 1. The Morgan fingerprint density at radius 3 is 2.64 bits per heavy atom. The molecule has 0 bridgehead atoms. The molecule has 1 unspecified atom stereocenters. The minimum absolute atomic E-state index is 0.0298. The average molecular weight is 387 g/mol. The first-order valence-electron chi connectivity index (χ1n) is 9.50. The van der Waals surface area contributed by atoms with Crippen LogP contribution >= 0.6 is 0 Å². The Morgan fingerprint density at radius 2 is 2.00 bits per heavy atom. The van der Waals surface area contributed by atoms with Gasteiger partial charge in [-0.3, -0.25) is 9.78 Å². The van der Waals surface area contributed by atoms with Crippen molar-refractivity contribution in [2.75, 3.05) is 32.7 Å². The minimum atomic E-state index is -0.538. The van der Waals surface area contributed by atoms with E-state index in [1.54, 1.807) is 28.0 Å². The fourth-order valence-electron chi connectivity index (χ4n) is 3.06. The number of piperazine rings is 1. The highest BCUT2D eigenvalue weighted by Crippen LogP contribution is 2.17. The lowest BCUT2D eigenvalue weighted by Crippen LogP contribution is -2.54. The van der Waals surface area contributed by atoms with Crippen molar-refractivity contribution in [2.24, 2.45) is 16.5 Å². The van der Waals surface area contributed by atoms with Gasteiger partial charge >= 0.3 is 6.03 Å². The third-order valence-corrected chi connectivity index (χ3v) is 4.42. The van der Waals surface area contributed by atoms with Crippen molar-refractivity contribution in [3.63, 3.8) is 0 Å². The number of rotatable bonds is 2. The Hall–Kier alpha value is -2.94.